The van der Waals surface area contributed by atoms with Crippen LogP contribution in [0.15, 0.2) is 24.3 Å². The van der Waals surface area contributed by atoms with E-state index in [9.17, 15) is 9.90 Å². The highest BCUT2D eigenvalue weighted by molar-refractivity contribution is 5.77. The molecule has 1 atom stereocenters. The fraction of sp³-hybridized carbons (Fsp3) is 0.462. The predicted molar refractivity (Wildman–Crippen MR) is 69.7 cm³/mol. The Hall–Kier alpha value is -1.79. The van der Waals surface area contributed by atoms with Crippen LogP contribution in [-0.4, -0.2) is 43.0 Å². The van der Waals surface area contributed by atoms with Crippen molar-refractivity contribution in [2.75, 3.05) is 32.1 Å². The Balaban J connectivity index is 1.71. The van der Waals surface area contributed by atoms with Gasteiger partial charge in [0.2, 0.25) is 0 Å². The van der Waals surface area contributed by atoms with Crippen molar-refractivity contribution in [1.82, 2.24) is 5.32 Å². The quantitative estimate of drug-likeness (QED) is 0.648. The maximum Gasteiger partial charge on any atom is 0.258 e. The van der Waals surface area contributed by atoms with Crippen LogP contribution in [0.4, 0.5) is 5.69 Å². The summed E-state index contributed by atoms with van der Waals surface area (Å²) in [6.07, 6.45) is 0.534. The van der Waals surface area contributed by atoms with Gasteiger partial charge in [-0.15, -0.1) is 0 Å². The second kappa shape index (κ2) is 5.90. The Morgan fingerprint density at radius 1 is 1.47 bits per heavy atom. The molecule has 6 nitrogen and oxygen atoms in total. The minimum absolute atomic E-state index is 0.0964. The number of nitrogens with two attached hydrogens (primary N) is 1. The normalized spacial score (nSPS) is 22.2. The van der Waals surface area contributed by atoms with E-state index in [-0.39, 0.29) is 25.7 Å². The molecule has 0 spiro atoms. The fourth-order valence-electron chi connectivity index (χ4n) is 1.76. The van der Waals surface area contributed by atoms with E-state index in [0.717, 1.165) is 0 Å². The number of carbonyl (C=O) groups excluding carboxylic acids is 1. The molecule has 19 heavy (non-hydrogen) atoms. The van der Waals surface area contributed by atoms with E-state index in [1.807, 2.05) is 0 Å². The van der Waals surface area contributed by atoms with Crippen LogP contribution < -0.4 is 15.8 Å². The van der Waals surface area contributed by atoms with Crippen molar-refractivity contribution in [2.45, 2.75) is 12.0 Å². The molecule has 2 rings (SSSR count). The van der Waals surface area contributed by atoms with E-state index >= 15 is 0 Å². The highest BCUT2D eigenvalue weighted by atomic mass is 16.5. The molecule has 0 aromatic heterocycles. The Labute approximate surface area is 111 Å². The first-order valence-corrected chi connectivity index (χ1v) is 6.13. The van der Waals surface area contributed by atoms with E-state index in [0.29, 0.717) is 24.5 Å². The molecule has 6 heteroatoms. The van der Waals surface area contributed by atoms with Gasteiger partial charge < -0.3 is 25.6 Å². The van der Waals surface area contributed by atoms with Gasteiger partial charge >= 0.3 is 0 Å². The minimum Gasteiger partial charge on any atom is -0.484 e. The van der Waals surface area contributed by atoms with Crippen LogP contribution in [0.1, 0.15) is 6.42 Å². The van der Waals surface area contributed by atoms with Crippen LogP contribution in [0.5, 0.6) is 5.75 Å². The number of nitrogens with one attached hydrogen (secondary N) is 1. The smallest absolute Gasteiger partial charge is 0.258 e. The second-order valence-electron chi connectivity index (χ2n) is 4.66. The molecule has 1 saturated heterocycles. The van der Waals surface area contributed by atoms with Crippen molar-refractivity contribution in [2.24, 2.45) is 0 Å². The van der Waals surface area contributed by atoms with Crippen molar-refractivity contribution in [3.63, 3.8) is 0 Å². The molecular weight excluding hydrogens is 248 g/mol. The zero-order valence-corrected chi connectivity index (χ0v) is 10.6. The largest absolute Gasteiger partial charge is 0.484 e. The van der Waals surface area contributed by atoms with Crippen molar-refractivity contribution in [1.29, 1.82) is 0 Å². The number of anilines is 1. The Bertz CT molecular complexity index is 427. The average molecular weight is 266 g/mol. The summed E-state index contributed by atoms with van der Waals surface area (Å²) in [5.41, 5.74) is 5.23. The maximum absolute atomic E-state index is 11.6. The van der Waals surface area contributed by atoms with Gasteiger partial charge in [0, 0.05) is 25.3 Å². The fourth-order valence-corrected chi connectivity index (χ4v) is 1.76. The number of ether oxygens (including phenoxy) is 2. The van der Waals surface area contributed by atoms with Crippen molar-refractivity contribution >= 4 is 11.6 Å². The Kier molecular flexibility index (Phi) is 4.24. The lowest BCUT2D eigenvalue weighted by atomic mass is 10.0. The number of hydrogen-bond donors (Lipinski definition) is 3. The van der Waals surface area contributed by atoms with Gasteiger partial charge in [0.25, 0.3) is 5.91 Å². The lowest BCUT2D eigenvalue weighted by molar-refractivity contribution is -0.124. The molecule has 0 radical (unpaired) electrons. The van der Waals surface area contributed by atoms with Crippen molar-refractivity contribution < 1.29 is 19.4 Å². The summed E-state index contributed by atoms with van der Waals surface area (Å²) in [5, 5.41) is 12.6. The van der Waals surface area contributed by atoms with E-state index in [4.69, 9.17) is 15.2 Å². The summed E-state index contributed by atoms with van der Waals surface area (Å²) in [5.74, 6) is 0.296. The number of hydrogen-bond acceptors (Lipinski definition) is 5. The van der Waals surface area contributed by atoms with Crippen LogP contribution in [0.3, 0.4) is 0 Å². The lowest BCUT2D eigenvalue weighted by Gasteiger charge is -2.20. The summed E-state index contributed by atoms with van der Waals surface area (Å²) in [6.45, 7) is 0.859. The molecule has 1 unspecified atom stereocenters. The van der Waals surface area contributed by atoms with Crippen LogP contribution in [0.25, 0.3) is 0 Å². The molecule has 1 aliphatic heterocycles. The zero-order valence-electron chi connectivity index (χ0n) is 10.6. The molecule has 1 aromatic carbocycles. The third-order valence-electron chi connectivity index (χ3n) is 2.95. The van der Waals surface area contributed by atoms with Gasteiger partial charge in [-0.05, 0) is 24.3 Å². The van der Waals surface area contributed by atoms with Gasteiger partial charge in [0.1, 0.15) is 11.4 Å². The summed E-state index contributed by atoms with van der Waals surface area (Å²) < 4.78 is 10.4. The van der Waals surface area contributed by atoms with Gasteiger partial charge in [0.15, 0.2) is 6.61 Å². The molecule has 1 amide bonds. The first-order valence-electron chi connectivity index (χ1n) is 6.13. The van der Waals surface area contributed by atoms with Crippen LogP contribution in [0.2, 0.25) is 0 Å². The van der Waals surface area contributed by atoms with Gasteiger partial charge in [-0.1, -0.05) is 0 Å². The monoisotopic (exact) mass is 266 g/mol. The summed E-state index contributed by atoms with van der Waals surface area (Å²) >= 11 is 0. The minimum atomic E-state index is -0.948. The summed E-state index contributed by atoms with van der Waals surface area (Å²) in [7, 11) is 0. The SMILES string of the molecule is Nc1ccc(OCC(=O)NCC2(O)CCOC2)cc1. The van der Waals surface area contributed by atoms with Gasteiger partial charge in [-0.25, -0.2) is 0 Å². The van der Waals surface area contributed by atoms with Crippen molar-refractivity contribution in [3.8, 4) is 5.75 Å². The average Bonchev–Trinajstić information content (AvgIpc) is 2.83. The Morgan fingerprint density at radius 3 is 2.84 bits per heavy atom. The first-order chi connectivity index (χ1) is 9.07. The molecular formula is C13H18N2O4. The summed E-state index contributed by atoms with van der Waals surface area (Å²) in [4.78, 5) is 11.6. The second-order valence-corrected chi connectivity index (χ2v) is 4.66. The number of amides is 1. The molecule has 1 fully saturated rings. The third-order valence-corrected chi connectivity index (χ3v) is 2.95. The molecule has 4 N–H and O–H groups in total. The molecule has 1 heterocycles. The highest BCUT2D eigenvalue weighted by Crippen LogP contribution is 2.17. The molecule has 0 saturated carbocycles. The van der Waals surface area contributed by atoms with Gasteiger partial charge in [-0.3, -0.25) is 4.79 Å². The first kappa shape index (κ1) is 13.6. The highest BCUT2D eigenvalue weighted by Gasteiger charge is 2.32. The Morgan fingerprint density at radius 2 is 2.21 bits per heavy atom. The zero-order chi connectivity index (χ0) is 13.7. The molecule has 0 bridgehead atoms. The predicted octanol–water partition coefficient (Wildman–Crippen LogP) is -0.0848. The molecule has 1 aliphatic rings. The van der Waals surface area contributed by atoms with Crippen LogP contribution in [0, 0.1) is 0 Å². The molecule has 1 aromatic rings. The number of rotatable bonds is 5. The molecule has 0 aliphatic carbocycles. The number of aliphatic hydroxyl groups is 1. The topological polar surface area (TPSA) is 93.8 Å². The maximum atomic E-state index is 11.6. The van der Waals surface area contributed by atoms with E-state index in [2.05, 4.69) is 5.32 Å². The molecule has 104 valence electrons. The standard InChI is InChI=1S/C13H18N2O4/c14-10-1-3-11(4-2-10)19-7-12(16)15-8-13(17)5-6-18-9-13/h1-4,17H,5-9,14H2,(H,15,16). The number of benzene rings is 1. The van der Waals surface area contributed by atoms with Crippen LogP contribution >= 0.6 is 0 Å². The third kappa shape index (κ3) is 4.11. The van der Waals surface area contributed by atoms with E-state index < -0.39 is 5.60 Å². The lowest BCUT2D eigenvalue weighted by Crippen LogP contribution is -2.44. The van der Waals surface area contributed by atoms with Crippen LogP contribution in [-0.2, 0) is 9.53 Å². The number of nitrogen functional groups attached to an aromatic ring is 1. The van der Waals surface area contributed by atoms with E-state index in [1.165, 1.54) is 0 Å². The van der Waals surface area contributed by atoms with Gasteiger partial charge in [-0.2, -0.15) is 0 Å². The van der Waals surface area contributed by atoms with E-state index in [1.54, 1.807) is 24.3 Å². The number of carbonyl (C=O) groups is 1. The summed E-state index contributed by atoms with van der Waals surface area (Å²) in [6, 6.07) is 6.79. The van der Waals surface area contributed by atoms with Gasteiger partial charge in [0.05, 0.1) is 6.61 Å². The van der Waals surface area contributed by atoms with Crippen molar-refractivity contribution in [3.05, 3.63) is 24.3 Å².